The Balaban J connectivity index is 1.25. The molecule has 2 aromatic carbocycles. The second-order valence-electron chi connectivity index (χ2n) is 11.4. The summed E-state index contributed by atoms with van der Waals surface area (Å²) in [6.07, 6.45) is 3.94. The van der Waals surface area contributed by atoms with Crippen LogP contribution in [0.4, 0.5) is 0 Å². The quantitative estimate of drug-likeness (QED) is 0.348. The number of rotatable bonds is 8. The molecule has 1 fully saturated rings. The third-order valence-corrected chi connectivity index (χ3v) is 8.80. The predicted molar refractivity (Wildman–Crippen MR) is 157 cm³/mol. The van der Waals surface area contributed by atoms with Gasteiger partial charge in [0.1, 0.15) is 0 Å². The van der Waals surface area contributed by atoms with Gasteiger partial charge in [0.15, 0.2) is 9.84 Å². The van der Waals surface area contributed by atoms with Crippen LogP contribution >= 0.6 is 0 Å². The summed E-state index contributed by atoms with van der Waals surface area (Å²) in [6.45, 7) is 9.81. The van der Waals surface area contributed by atoms with Crippen molar-refractivity contribution >= 4 is 20.9 Å². The first-order valence-corrected chi connectivity index (χ1v) is 15.4. The molecule has 1 aliphatic heterocycles. The van der Waals surface area contributed by atoms with Gasteiger partial charge in [-0.1, -0.05) is 36.4 Å². The van der Waals surface area contributed by atoms with Crippen LogP contribution in [0.2, 0.25) is 0 Å². The minimum absolute atomic E-state index is 0.318. The van der Waals surface area contributed by atoms with E-state index < -0.39 is 15.4 Å². The number of piperazine rings is 1. The minimum Gasteiger partial charge on any atom is -0.390 e. The molecule has 0 amide bonds. The fourth-order valence-corrected chi connectivity index (χ4v) is 5.80. The number of fused-ring (bicyclic) bond motifs is 1. The Hall–Kier alpha value is -3.04. The molecular weight excluding hydrogens is 508 g/mol. The van der Waals surface area contributed by atoms with Crippen LogP contribution in [0.15, 0.2) is 71.8 Å². The van der Waals surface area contributed by atoms with E-state index in [-0.39, 0.29) is 0 Å². The van der Waals surface area contributed by atoms with E-state index in [0.29, 0.717) is 4.90 Å². The molecule has 206 valence electrons. The lowest BCUT2D eigenvalue weighted by atomic mass is 10.0. The van der Waals surface area contributed by atoms with Crippen molar-refractivity contribution in [2.24, 2.45) is 7.05 Å². The van der Waals surface area contributed by atoms with Crippen LogP contribution in [0.25, 0.3) is 33.4 Å². The summed E-state index contributed by atoms with van der Waals surface area (Å²) in [4.78, 5) is 9.99. The molecule has 7 nitrogen and oxygen atoms in total. The maximum Gasteiger partial charge on any atom is 0.175 e. The van der Waals surface area contributed by atoms with Gasteiger partial charge in [0.05, 0.1) is 27.2 Å². The van der Waals surface area contributed by atoms with Crippen LogP contribution < -0.4 is 0 Å². The van der Waals surface area contributed by atoms with Crippen molar-refractivity contribution in [1.29, 1.82) is 0 Å². The molecule has 5 rings (SSSR count). The summed E-state index contributed by atoms with van der Waals surface area (Å²) in [5.41, 5.74) is 6.77. The molecule has 0 bridgehead atoms. The lowest BCUT2D eigenvalue weighted by Gasteiger charge is -2.35. The maximum atomic E-state index is 11.8. The fraction of sp³-hybridized carbons (Fsp3) is 0.387. The molecule has 39 heavy (non-hydrogen) atoms. The van der Waals surface area contributed by atoms with Gasteiger partial charge in [0.2, 0.25) is 0 Å². The van der Waals surface area contributed by atoms with Gasteiger partial charge >= 0.3 is 0 Å². The van der Waals surface area contributed by atoms with E-state index in [1.807, 2.05) is 45.3 Å². The highest BCUT2D eigenvalue weighted by Crippen LogP contribution is 2.30. The van der Waals surface area contributed by atoms with E-state index in [1.165, 1.54) is 11.8 Å². The van der Waals surface area contributed by atoms with E-state index in [4.69, 9.17) is 4.98 Å². The standard InChI is InChI=1S/C31H38N4O3S/c1-31(2,36)13-14-34-15-17-35(18-16-34)22-23-5-7-24(8-6-23)26-19-30-28(32-21-26)20-29(33(30)3)25-9-11-27(12-10-25)39(4,37)38/h5-12,19-21,36H,13-18,22H2,1-4H3. The normalized spacial score (nSPS) is 15.7. The van der Waals surface area contributed by atoms with Crippen LogP contribution in [0.3, 0.4) is 0 Å². The molecule has 8 heteroatoms. The molecule has 1 saturated heterocycles. The van der Waals surface area contributed by atoms with E-state index in [9.17, 15) is 13.5 Å². The predicted octanol–water partition coefficient (Wildman–Crippen LogP) is 4.59. The lowest BCUT2D eigenvalue weighted by molar-refractivity contribution is 0.0467. The van der Waals surface area contributed by atoms with Crippen molar-refractivity contribution in [2.45, 2.75) is 37.3 Å². The summed E-state index contributed by atoms with van der Waals surface area (Å²) in [5, 5.41) is 9.99. The van der Waals surface area contributed by atoms with Gasteiger partial charge < -0.3 is 14.6 Å². The maximum absolute atomic E-state index is 11.8. The molecular formula is C31H38N4O3S. The van der Waals surface area contributed by atoms with Gasteiger partial charge in [-0.05, 0) is 61.2 Å². The van der Waals surface area contributed by atoms with Crippen molar-refractivity contribution in [2.75, 3.05) is 39.0 Å². The molecule has 0 unspecified atom stereocenters. The molecule has 0 spiro atoms. The summed E-state index contributed by atoms with van der Waals surface area (Å²) in [6, 6.07) is 20.0. The zero-order valence-electron chi connectivity index (χ0n) is 23.3. The van der Waals surface area contributed by atoms with Gasteiger partial charge in [-0.15, -0.1) is 0 Å². The second-order valence-corrected chi connectivity index (χ2v) is 13.4. The monoisotopic (exact) mass is 546 g/mol. The largest absolute Gasteiger partial charge is 0.390 e. The molecule has 4 aromatic rings. The number of aromatic nitrogens is 2. The summed E-state index contributed by atoms with van der Waals surface area (Å²) >= 11 is 0. The topological polar surface area (TPSA) is 78.7 Å². The first-order chi connectivity index (χ1) is 18.5. The minimum atomic E-state index is -3.22. The molecule has 3 heterocycles. The van der Waals surface area contributed by atoms with Crippen molar-refractivity contribution in [3.05, 3.63) is 72.4 Å². The van der Waals surface area contributed by atoms with Crippen molar-refractivity contribution in [1.82, 2.24) is 19.4 Å². The number of aryl methyl sites for hydroxylation is 1. The van der Waals surface area contributed by atoms with Gasteiger partial charge in [0.25, 0.3) is 0 Å². The lowest BCUT2D eigenvalue weighted by Crippen LogP contribution is -2.47. The SMILES string of the molecule is Cn1c(-c2ccc(S(C)(=O)=O)cc2)cc2ncc(-c3ccc(CN4CCN(CCC(C)(C)O)CC4)cc3)cc21. The van der Waals surface area contributed by atoms with Crippen LogP contribution in [0.5, 0.6) is 0 Å². The number of aliphatic hydroxyl groups is 1. The molecule has 0 aliphatic carbocycles. The smallest absolute Gasteiger partial charge is 0.175 e. The Kier molecular flexibility index (Phi) is 7.66. The van der Waals surface area contributed by atoms with Crippen LogP contribution in [-0.4, -0.2) is 77.5 Å². The number of hydrogen-bond donors (Lipinski definition) is 1. The summed E-state index contributed by atoms with van der Waals surface area (Å²) in [5.74, 6) is 0. The second kappa shape index (κ2) is 10.8. The number of hydrogen-bond acceptors (Lipinski definition) is 6. The number of pyridine rings is 1. The third-order valence-electron chi connectivity index (χ3n) is 7.67. The van der Waals surface area contributed by atoms with Crippen LogP contribution in [0, 0.1) is 0 Å². The molecule has 0 radical (unpaired) electrons. The first kappa shape index (κ1) is 27.5. The average molecular weight is 547 g/mol. The van der Waals surface area contributed by atoms with Gasteiger partial charge in [0, 0.05) is 64.3 Å². The van der Waals surface area contributed by atoms with Crippen LogP contribution in [0.1, 0.15) is 25.8 Å². The number of sulfone groups is 1. The van der Waals surface area contributed by atoms with E-state index in [0.717, 1.165) is 79.1 Å². The zero-order valence-corrected chi connectivity index (χ0v) is 24.1. The molecule has 1 aliphatic rings. The highest BCUT2D eigenvalue weighted by molar-refractivity contribution is 7.90. The first-order valence-electron chi connectivity index (χ1n) is 13.5. The third kappa shape index (κ3) is 6.58. The van der Waals surface area contributed by atoms with E-state index in [1.54, 1.807) is 12.1 Å². The number of benzene rings is 2. The Morgan fingerprint density at radius 3 is 2.10 bits per heavy atom. The summed E-state index contributed by atoms with van der Waals surface area (Å²) < 4.78 is 25.7. The van der Waals surface area contributed by atoms with Gasteiger partial charge in [-0.25, -0.2) is 8.42 Å². The highest BCUT2D eigenvalue weighted by Gasteiger charge is 2.20. The van der Waals surface area contributed by atoms with Crippen LogP contribution in [-0.2, 0) is 23.4 Å². The van der Waals surface area contributed by atoms with E-state index >= 15 is 0 Å². The van der Waals surface area contributed by atoms with Gasteiger partial charge in [-0.3, -0.25) is 9.88 Å². The highest BCUT2D eigenvalue weighted by atomic mass is 32.2. The van der Waals surface area contributed by atoms with E-state index in [2.05, 4.69) is 44.7 Å². The molecule has 1 N–H and O–H groups in total. The number of nitrogens with zero attached hydrogens (tertiary/aromatic N) is 4. The van der Waals surface area contributed by atoms with Crippen molar-refractivity contribution in [3.8, 4) is 22.4 Å². The van der Waals surface area contributed by atoms with Gasteiger partial charge in [-0.2, -0.15) is 0 Å². The Morgan fingerprint density at radius 2 is 1.49 bits per heavy atom. The molecule has 0 atom stereocenters. The van der Waals surface area contributed by atoms with Crippen molar-refractivity contribution < 1.29 is 13.5 Å². The molecule has 2 aromatic heterocycles. The zero-order chi connectivity index (χ0) is 27.8. The Morgan fingerprint density at radius 1 is 0.872 bits per heavy atom. The fourth-order valence-electron chi connectivity index (χ4n) is 5.17. The Labute approximate surface area is 231 Å². The summed E-state index contributed by atoms with van der Waals surface area (Å²) in [7, 11) is -1.21. The van der Waals surface area contributed by atoms with Crippen molar-refractivity contribution in [3.63, 3.8) is 0 Å². The molecule has 0 saturated carbocycles. The average Bonchev–Trinajstić information content (AvgIpc) is 3.23. The Bertz CT molecular complexity index is 1540.